The minimum Gasteiger partial charge on any atom is -0.497 e. The Labute approximate surface area is 149 Å². The van der Waals surface area contributed by atoms with E-state index in [1.807, 2.05) is 24.3 Å². The van der Waals surface area contributed by atoms with Crippen LogP contribution in [0.2, 0.25) is 0 Å². The van der Waals surface area contributed by atoms with E-state index >= 15 is 0 Å². The Morgan fingerprint density at radius 1 is 1.24 bits per heavy atom. The molecule has 0 atom stereocenters. The number of ether oxygens (including phenoxy) is 1. The molecule has 0 amide bonds. The first-order valence-corrected chi connectivity index (χ1v) is 8.89. The minimum atomic E-state index is -0.224. The fourth-order valence-corrected chi connectivity index (χ4v) is 3.71. The number of rotatable bonds is 6. The van der Waals surface area contributed by atoms with Crippen LogP contribution in [-0.4, -0.2) is 43.8 Å². The second-order valence-electron chi connectivity index (χ2n) is 7.14. The number of pyridine rings is 1. The summed E-state index contributed by atoms with van der Waals surface area (Å²) in [6.45, 7) is 2.54. The van der Waals surface area contributed by atoms with Crippen LogP contribution < -0.4 is 10.3 Å². The van der Waals surface area contributed by atoms with Crippen molar-refractivity contribution >= 4 is 25.2 Å². The van der Waals surface area contributed by atoms with Gasteiger partial charge in [0, 0.05) is 24.1 Å². The maximum atomic E-state index is 12.4. The zero-order valence-electron chi connectivity index (χ0n) is 15.0. The number of hydrogen-bond acceptors (Lipinski definition) is 4. The van der Waals surface area contributed by atoms with Crippen LogP contribution in [0, 0.1) is 5.41 Å². The van der Waals surface area contributed by atoms with Gasteiger partial charge in [0.15, 0.2) is 7.98 Å². The van der Waals surface area contributed by atoms with Crippen molar-refractivity contribution in [2.75, 3.05) is 20.2 Å². The molecule has 3 rings (SSSR count). The average molecular weight is 340 g/mol. The number of methoxy groups -OCH3 is 1. The zero-order valence-corrected chi connectivity index (χ0v) is 15.0. The van der Waals surface area contributed by atoms with E-state index in [1.54, 1.807) is 17.7 Å². The van der Waals surface area contributed by atoms with Crippen molar-refractivity contribution < 1.29 is 9.53 Å². The lowest BCUT2D eigenvalue weighted by atomic mass is 9.75. The smallest absolute Gasteiger partial charge is 0.251 e. The largest absolute Gasteiger partial charge is 0.497 e. The van der Waals surface area contributed by atoms with E-state index < -0.39 is 0 Å². The molecule has 0 saturated carbocycles. The molecule has 1 saturated heterocycles. The fourth-order valence-electron chi connectivity index (χ4n) is 3.71. The van der Waals surface area contributed by atoms with Crippen LogP contribution >= 0.6 is 0 Å². The molecule has 0 N–H and O–H groups in total. The number of aromatic nitrogens is 1. The van der Waals surface area contributed by atoms with Gasteiger partial charge >= 0.3 is 0 Å². The van der Waals surface area contributed by atoms with Crippen LogP contribution in [-0.2, 0) is 11.3 Å². The average Bonchev–Trinajstić information content (AvgIpc) is 2.65. The summed E-state index contributed by atoms with van der Waals surface area (Å²) in [5.74, 6) is 0.742. The highest BCUT2D eigenvalue weighted by Gasteiger charge is 2.32. The van der Waals surface area contributed by atoms with Gasteiger partial charge in [0.1, 0.15) is 12.0 Å². The molecule has 5 nitrogen and oxygen atoms in total. The topological polar surface area (TPSA) is 51.5 Å². The Bertz CT molecular complexity index is 810. The minimum absolute atomic E-state index is 0.00992. The molecule has 25 heavy (non-hydrogen) atoms. The molecule has 132 valence electrons. The summed E-state index contributed by atoms with van der Waals surface area (Å²) in [6, 6.07) is 9.23. The fraction of sp³-hybridized carbons (Fsp3) is 0.474. The van der Waals surface area contributed by atoms with E-state index in [-0.39, 0.29) is 11.0 Å². The molecule has 1 aromatic heterocycles. The number of aldehydes is 1. The Balaban J connectivity index is 1.77. The molecule has 1 aliphatic rings. The summed E-state index contributed by atoms with van der Waals surface area (Å²) in [5.41, 5.74) is 0.651. The molecule has 0 unspecified atom stereocenters. The highest BCUT2D eigenvalue weighted by Crippen LogP contribution is 2.33. The molecule has 1 aliphatic heterocycles. The lowest BCUT2D eigenvalue weighted by molar-refractivity contribution is -0.118. The number of piperidine rings is 1. The van der Waals surface area contributed by atoms with E-state index in [0.29, 0.717) is 6.54 Å². The van der Waals surface area contributed by atoms with Gasteiger partial charge in [-0.1, -0.05) is 0 Å². The van der Waals surface area contributed by atoms with Crippen molar-refractivity contribution in [2.45, 2.75) is 32.2 Å². The van der Waals surface area contributed by atoms with E-state index in [0.717, 1.165) is 61.7 Å². The van der Waals surface area contributed by atoms with Crippen LogP contribution in [0.1, 0.15) is 25.7 Å². The molecule has 0 bridgehead atoms. The lowest BCUT2D eigenvalue weighted by Gasteiger charge is -2.37. The van der Waals surface area contributed by atoms with E-state index in [9.17, 15) is 9.59 Å². The van der Waals surface area contributed by atoms with Crippen molar-refractivity contribution in [3.63, 3.8) is 0 Å². The zero-order chi connectivity index (χ0) is 17.9. The predicted octanol–water partition coefficient (Wildman–Crippen LogP) is 1.62. The number of fused-ring (bicyclic) bond motifs is 1. The third-order valence-corrected chi connectivity index (χ3v) is 5.49. The van der Waals surface area contributed by atoms with Crippen LogP contribution in [0.3, 0.4) is 0 Å². The van der Waals surface area contributed by atoms with Gasteiger partial charge in [-0.05, 0) is 62.4 Å². The molecule has 0 aliphatic carbocycles. The first-order chi connectivity index (χ1) is 12.1. The van der Waals surface area contributed by atoms with Crippen LogP contribution in [0.5, 0.6) is 5.75 Å². The Morgan fingerprint density at radius 3 is 2.64 bits per heavy atom. The molecular weight excluding hydrogens is 315 g/mol. The highest BCUT2D eigenvalue weighted by atomic mass is 16.5. The molecule has 0 spiro atoms. The maximum Gasteiger partial charge on any atom is 0.251 e. The van der Waals surface area contributed by atoms with E-state index in [2.05, 4.69) is 12.8 Å². The molecule has 1 aromatic carbocycles. The van der Waals surface area contributed by atoms with Gasteiger partial charge in [-0.25, -0.2) is 0 Å². The summed E-state index contributed by atoms with van der Waals surface area (Å²) in [4.78, 5) is 26.3. The monoisotopic (exact) mass is 340 g/mol. The van der Waals surface area contributed by atoms with Gasteiger partial charge in [0.25, 0.3) is 5.56 Å². The number of nitrogens with zero attached hydrogens (tertiary/aromatic N) is 2. The van der Waals surface area contributed by atoms with Crippen LogP contribution in [0.15, 0.2) is 35.1 Å². The molecule has 1 fully saturated rings. The number of hydrogen-bond donors (Lipinski definition) is 0. The predicted molar refractivity (Wildman–Crippen MR) is 102 cm³/mol. The number of carbonyl (C=O) groups is 1. The molecule has 6 heteroatoms. The molecule has 2 heterocycles. The van der Waals surface area contributed by atoms with Crippen LogP contribution in [0.25, 0.3) is 10.9 Å². The third-order valence-electron chi connectivity index (χ3n) is 5.49. The first-order valence-electron chi connectivity index (χ1n) is 8.89. The highest BCUT2D eigenvalue weighted by molar-refractivity contribution is 6.04. The SMILES string of the molecule is BN1CCC(C=O)(CCCn2c(=O)ccc3ccc(OC)cc32)CC1. The Morgan fingerprint density at radius 2 is 1.96 bits per heavy atom. The number of aryl methyl sites for hydroxylation is 1. The summed E-state index contributed by atoms with van der Waals surface area (Å²) < 4.78 is 7.09. The van der Waals surface area contributed by atoms with E-state index in [1.165, 1.54) is 0 Å². The maximum absolute atomic E-state index is 12.4. The summed E-state index contributed by atoms with van der Waals surface area (Å²) in [7, 11) is 3.72. The van der Waals surface area contributed by atoms with Crippen molar-refractivity contribution in [2.24, 2.45) is 5.41 Å². The van der Waals surface area contributed by atoms with Gasteiger partial charge in [-0.2, -0.15) is 0 Å². The van der Waals surface area contributed by atoms with Crippen molar-refractivity contribution in [3.05, 3.63) is 40.7 Å². The molecular formula is C19H25BN2O3. The standard InChI is InChI=1S/C19H25BN2O3/c1-25-16-5-3-15-4-6-18(24)22(17(15)13-16)10-2-7-19(14-23)8-11-21(20)12-9-19/h3-6,13-14H,2,7-12,20H2,1H3. The van der Waals surface area contributed by atoms with Gasteiger partial charge in [-0.3, -0.25) is 4.79 Å². The molecule has 0 radical (unpaired) electrons. The van der Waals surface area contributed by atoms with Gasteiger partial charge < -0.3 is 18.9 Å². The number of carbonyl (C=O) groups excluding carboxylic acids is 1. The second-order valence-corrected chi connectivity index (χ2v) is 7.14. The van der Waals surface area contributed by atoms with Gasteiger partial charge in [0.05, 0.1) is 12.6 Å². The summed E-state index contributed by atoms with van der Waals surface area (Å²) in [6.07, 6.45) is 4.61. The van der Waals surface area contributed by atoms with Crippen molar-refractivity contribution in [1.29, 1.82) is 0 Å². The van der Waals surface area contributed by atoms with Gasteiger partial charge in [0.2, 0.25) is 0 Å². The Kier molecular flexibility index (Phi) is 5.28. The third kappa shape index (κ3) is 3.79. The second kappa shape index (κ2) is 7.44. The summed E-state index contributed by atoms with van der Waals surface area (Å²) in [5, 5.41) is 1.02. The number of benzene rings is 1. The summed E-state index contributed by atoms with van der Waals surface area (Å²) >= 11 is 0. The quantitative estimate of drug-likeness (QED) is 0.592. The van der Waals surface area contributed by atoms with Crippen LogP contribution in [0.4, 0.5) is 0 Å². The lowest BCUT2D eigenvalue weighted by Crippen LogP contribution is -2.39. The van der Waals surface area contributed by atoms with Crippen molar-refractivity contribution in [1.82, 2.24) is 9.38 Å². The van der Waals surface area contributed by atoms with E-state index in [4.69, 9.17) is 4.74 Å². The van der Waals surface area contributed by atoms with Crippen molar-refractivity contribution in [3.8, 4) is 5.75 Å². The normalized spacial score (nSPS) is 17.5. The Hall–Kier alpha value is -2.08. The first kappa shape index (κ1) is 17.7. The van der Waals surface area contributed by atoms with Gasteiger partial charge in [-0.15, -0.1) is 0 Å². The molecule has 2 aromatic rings.